The summed E-state index contributed by atoms with van der Waals surface area (Å²) in [6, 6.07) is 13.0. The van der Waals surface area contributed by atoms with Crippen molar-refractivity contribution in [1.29, 1.82) is 0 Å². The maximum absolute atomic E-state index is 12.3. The van der Waals surface area contributed by atoms with Gasteiger partial charge < -0.3 is 5.32 Å². The zero-order valence-corrected chi connectivity index (χ0v) is 15.7. The highest BCUT2D eigenvalue weighted by Crippen LogP contribution is 2.25. The van der Waals surface area contributed by atoms with Gasteiger partial charge in [-0.3, -0.25) is 19.8 Å². The van der Waals surface area contributed by atoms with E-state index in [1.165, 1.54) is 11.6 Å². The van der Waals surface area contributed by atoms with Crippen molar-refractivity contribution in [1.82, 2.24) is 4.90 Å². The van der Waals surface area contributed by atoms with E-state index in [1.54, 1.807) is 19.1 Å². The Morgan fingerprint density at radius 2 is 1.85 bits per heavy atom. The lowest BCUT2D eigenvalue weighted by Crippen LogP contribution is -2.30. The summed E-state index contributed by atoms with van der Waals surface area (Å²) in [7, 11) is 1.87. The van der Waals surface area contributed by atoms with E-state index in [-0.39, 0.29) is 18.1 Å². The maximum atomic E-state index is 12.3. The Morgan fingerprint density at radius 3 is 2.42 bits per heavy atom. The zero-order chi connectivity index (χ0) is 19.3. The minimum Gasteiger partial charge on any atom is -0.324 e. The number of hydrogen-bond donors (Lipinski definition) is 1. The molecule has 6 nitrogen and oxygen atoms in total. The smallest absolute Gasteiger partial charge is 0.274 e. The molecule has 0 bridgehead atoms. The predicted octanol–water partition coefficient (Wildman–Crippen LogP) is 4.10. The Labute approximate surface area is 154 Å². The van der Waals surface area contributed by atoms with Crippen LogP contribution in [-0.2, 0) is 11.3 Å². The fraction of sp³-hybridized carbons (Fsp3) is 0.350. The number of hydrogen-bond acceptors (Lipinski definition) is 4. The average Bonchev–Trinajstić information content (AvgIpc) is 2.56. The van der Waals surface area contributed by atoms with Gasteiger partial charge in [0, 0.05) is 12.6 Å². The molecule has 0 fully saturated rings. The van der Waals surface area contributed by atoms with Gasteiger partial charge in [-0.1, -0.05) is 44.2 Å². The third-order valence-corrected chi connectivity index (χ3v) is 4.29. The van der Waals surface area contributed by atoms with Crippen molar-refractivity contribution >= 4 is 17.3 Å². The van der Waals surface area contributed by atoms with Gasteiger partial charge in [-0.05, 0) is 37.1 Å². The van der Waals surface area contributed by atoms with E-state index in [9.17, 15) is 14.9 Å². The molecular weight excluding hydrogens is 330 g/mol. The molecule has 1 N–H and O–H groups in total. The molecule has 6 heteroatoms. The van der Waals surface area contributed by atoms with Gasteiger partial charge in [0.2, 0.25) is 5.91 Å². The first kappa shape index (κ1) is 19.6. The molecule has 2 aromatic carbocycles. The summed E-state index contributed by atoms with van der Waals surface area (Å²) >= 11 is 0. The number of benzene rings is 2. The number of carbonyl (C=O) groups is 1. The van der Waals surface area contributed by atoms with Crippen LogP contribution >= 0.6 is 0 Å². The van der Waals surface area contributed by atoms with Crippen LogP contribution in [0.4, 0.5) is 11.4 Å². The first-order chi connectivity index (χ1) is 12.3. The summed E-state index contributed by atoms with van der Waals surface area (Å²) in [6.45, 7) is 6.80. The van der Waals surface area contributed by atoms with Crippen molar-refractivity contribution in [3.63, 3.8) is 0 Å². The van der Waals surface area contributed by atoms with Crippen molar-refractivity contribution in [2.24, 2.45) is 0 Å². The molecule has 138 valence electrons. The van der Waals surface area contributed by atoms with Crippen LogP contribution in [0.2, 0.25) is 0 Å². The Balaban J connectivity index is 1.95. The number of amides is 1. The fourth-order valence-electron chi connectivity index (χ4n) is 2.77. The minimum atomic E-state index is -0.446. The average molecular weight is 355 g/mol. The summed E-state index contributed by atoms with van der Waals surface area (Å²) in [5, 5.41) is 13.8. The van der Waals surface area contributed by atoms with Crippen LogP contribution in [0.15, 0.2) is 42.5 Å². The number of carbonyl (C=O) groups excluding carboxylic acids is 1. The fourth-order valence-corrected chi connectivity index (χ4v) is 2.77. The molecule has 0 aliphatic heterocycles. The zero-order valence-electron chi connectivity index (χ0n) is 15.7. The highest BCUT2D eigenvalue weighted by atomic mass is 16.6. The molecular formula is C20H25N3O3. The third-order valence-electron chi connectivity index (χ3n) is 4.29. The molecule has 0 unspecified atom stereocenters. The molecule has 1 amide bonds. The molecule has 0 aromatic heterocycles. The first-order valence-corrected chi connectivity index (χ1v) is 8.59. The first-order valence-electron chi connectivity index (χ1n) is 8.59. The molecule has 0 saturated heterocycles. The van der Waals surface area contributed by atoms with Gasteiger partial charge >= 0.3 is 0 Å². The SMILES string of the molecule is Cc1c(NC(=O)CN(C)Cc2ccc(C(C)C)cc2)cccc1[N+](=O)[O-]. The Bertz CT molecular complexity index is 785. The summed E-state index contributed by atoms with van der Waals surface area (Å²) in [5.74, 6) is 0.292. The van der Waals surface area contributed by atoms with Crippen LogP contribution in [0.3, 0.4) is 0 Å². The quantitative estimate of drug-likeness (QED) is 0.599. The standard InChI is InChI=1S/C20H25N3O3/c1-14(2)17-10-8-16(9-11-17)12-22(4)13-20(24)21-18-6-5-7-19(15(18)3)23(25)26/h5-11,14H,12-13H2,1-4H3,(H,21,24). The molecule has 0 spiro atoms. The van der Waals surface area contributed by atoms with E-state index in [0.717, 1.165) is 5.56 Å². The second kappa shape index (κ2) is 8.58. The van der Waals surface area contributed by atoms with Crippen molar-refractivity contribution in [3.8, 4) is 0 Å². The van der Waals surface area contributed by atoms with Gasteiger partial charge in [-0.25, -0.2) is 0 Å². The lowest BCUT2D eigenvalue weighted by atomic mass is 10.0. The van der Waals surface area contributed by atoms with Crippen LogP contribution in [0.1, 0.15) is 36.5 Å². The summed E-state index contributed by atoms with van der Waals surface area (Å²) < 4.78 is 0. The van der Waals surface area contributed by atoms with E-state index in [4.69, 9.17) is 0 Å². The van der Waals surface area contributed by atoms with Gasteiger partial charge in [-0.15, -0.1) is 0 Å². The molecule has 0 aliphatic rings. The summed E-state index contributed by atoms with van der Waals surface area (Å²) in [4.78, 5) is 24.7. The van der Waals surface area contributed by atoms with Gasteiger partial charge in [0.1, 0.15) is 0 Å². The summed E-state index contributed by atoms with van der Waals surface area (Å²) in [5.41, 5.74) is 3.35. The summed E-state index contributed by atoms with van der Waals surface area (Å²) in [6.07, 6.45) is 0. The third kappa shape index (κ3) is 5.13. The van der Waals surface area contributed by atoms with E-state index < -0.39 is 4.92 Å². The Hall–Kier alpha value is -2.73. The molecule has 2 rings (SSSR count). The number of likely N-dealkylation sites (N-methyl/N-ethyl adjacent to an activating group) is 1. The van der Waals surface area contributed by atoms with E-state index in [0.29, 0.717) is 23.7 Å². The Kier molecular flexibility index (Phi) is 6.46. The Morgan fingerprint density at radius 1 is 1.19 bits per heavy atom. The number of anilines is 1. The van der Waals surface area contributed by atoms with Gasteiger partial charge in [0.25, 0.3) is 5.69 Å². The van der Waals surface area contributed by atoms with E-state index in [2.05, 4.69) is 43.4 Å². The monoisotopic (exact) mass is 355 g/mol. The second-order valence-corrected chi connectivity index (χ2v) is 6.82. The van der Waals surface area contributed by atoms with Crippen molar-refractivity contribution in [2.75, 3.05) is 18.9 Å². The topological polar surface area (TPSA) is 75.5 Å². The van der Waals surface area contributed by atoms with Gasteiger partial charge in [-0.2, -0.15) is 0 Å². The molecule has 0 aliphatic carbocycles. The van der Waals surface area contributed by atoms with Crippen LogP contribution in [0.5, 0.6) is 0 Å². The number of rotatable bonds is 7. The van der Waals surface area contributed by atoms with Gasteiger partial charge in [0.05, 0.1) is 22.7 Å². The largest absolute Gasteiger partial charge is 0.324 e. The van der Waals surface area contributed by atoms with E-state index >= 15 is 0 Å². The van der Waals surface area contributed by atoms with Crippen LogP contribution in [0, 0.1) is 17.0 Å². The number of nitrogens with zero attached hydrogens (tertiary/aromatic N) is 2. The van der Waals surface area contributed by atoms with E-state index in [1.807, 2.05) is 11.9 Å². The molecule has 2 aromatic rings. The number of nitrogens with one attached hydrogen (secondary N) is 1. The molecule has 0 atom stereocenters. The minimum absolute atomic E-state index is 0.00129. The molecule has 26 heavy (non-hydrogen) atoms. The van der Waals surface area contributed by atoms with Crippen LogP contribution in [-0.4, -0.2) is 29.3 Å². The highest BCUT2D eigenvalue weighted by Gasteiger charge is 2.15. The van der Waals surface area contributed by atoms with Crippen molar-refractivity contribution in [2.45, 2.75) is 33.2 Å². The lowest BCUT2D eigenvalue weighted by molar-refractivity contribution is -0.385. The predicted molar refractivity (Wildman–Crippen MR) is 103 cm³/mol. The normalized spacial score (nSPS) is 11.0. The van der Waals surface area contributed by atoms with Crippen LogP contribution < -0.4 is 5.32 Å². The lowest BCUT2D eigenvalue weighted by Gasteiger charge is -2.17. The maximum Gasteiger partial charge on any atom is 0.274 e. The van der Waals surface area contributed by atoms with Gasteiger partial charge in [0.15, 0.2) is 0 Å². The highest BCUT2D eigenvalue weighted by molar-refractivity contribution is 5.93. The number of nitro benzene ring substituents is 1. The second-order valence-electron chi connectivity index (χ2n) is 6.82. The molecule has 0 saturated carbocycles. The van der Waals surface area contributed by atoms with Crippen LogP contribution in [0.25, 0.3) is 0 Å². The number of nitro groups is 1. The van der Waals surface area contributed by atoms with Crippen molar-refractivity contribution in [3.05, 3.63) is 69.3 Å². The molecule has 0 heterocycles. The molecule has 0 radical (unpaired) electrons. The van der Waals surface area contributed by atoms with Crippen molar-refractivity contribution < 1.29 is 9.72 Å².